The zero-order valence-electron chi connectivity index (χ0n) is 9.41. The van der Waals surface area contributed by atoms with Crippen molar-refractivity contribution in [1.82, 2.24) is 15.4 Å². The summed E-state index contributed by atoms with van der Waals surface area (Å²) in [6.07, 6.45) is 2.93. The predicted octanol–water partition coefficient (Wildman–Crippen LogP) is 1.79. The van der Waals surface area contributed by atoms with E-state index in [0.29, 0.717) is 16.9 Å². The van der Waals surface area contributed by atoms with Gasteiger partial charge in [-0.05, 0) is 19.9 Å². The molecule has 2 heterocycles. The number of aromatic nitrogens is 3. The zero-order valence-corrected chi connectivity index (χ0v) is 9.41. The standard InChI is InChI=1S/C11H10N4O2/c1-7(2)16-11-9(5-12)8(3-4-13-11)10-6-14-15-17-10/h3-4,6-7H,1-2H3. The first-order chi connectivity index (χ1) is 8.22. The van der Waals surface area contributed by atoms with Gasteiger partial charge in [0.1, 0.15) is 11.6 Å². The van der Waals surface area contributed by atoms with Gasteiger partial charge in [-0.3, -0.25) is 0 Å². The molecule has 0 radical (unpaired) electrons. The van der Waals surface area contributed by atoms with E-state index in [1.54, 1.807) is 12.3 Å². The predicted molar refractivity (Wildman–Crippen MR) is 58.0 cm³/mol. The molecule has 0 saturated heterocycles. The molecule has 0 saturated carbocycles. The zero-order chi connectivity index (χ0) is 12.3. The normalized spacial score (nSPS) is 10.2. The minimum Gasteiger partial charge on any atom is -0.474 e. The molecule has 0 spiro atoms. The van der Waals surface area contributed by atoms with Crippen molar-refractivity contribution in [2.24, 2.45) is 0 Å². The van der Waals surface area contributed by atoms with Crippen molar-refractivity contribution in [3.8, 4) is 23.3 Å². The van der Waals surface area contributed by atoms with Crippen LogP contribution >= 0.6 is 0 Å². The third-order valence-corrected chi connectivity index (χ3v) is 2.00. The van der Waals surface area contributed by atoms with Crippen LogP contribution in [0.1, 0.15) is 19.4 Å². The maximum absolute atomic E-state index is 9.16. The van der Waals surface area contributed by atoms with E-state index < -0.39 is 0 Å². The first-order valence-corrected chi connectivity index (χ1v) is 5.06. The van der Waals surface area contributed by atoms with Crippen LogP contribution in [-0.4, -0.2) is 21.5 Å². The Labute approximate surface area is 97.8 Å². The molecule has 0 aliphatic rings. The molecule has 6 nitrogen and oxygen atoms in total. The number of hydrogen-bond acceptors (Lipinski definition) is 6. The third-order valence-electron chi connectivity index (χ3n) is 2.00. The summed E-state index contributed by atoms with van der Waals surface area (Å²) in [6.45, 7) is 3.73. The minimum absolute atomic E-state index is 0.0577. The summed E-state index contributed by atoms with van der Waals surface area (Å²) in [5.41, 5.74) is 0.892. The van der Waals surface area contributed by atoms with Crippen LogP contribution in [0.5, 0.6) is 5.88 Å². The molecule has 2 rings (SSSR count). The SMILES string of the molecule is CC(C)Oc1nccc(-c2cnno2)c1C#N. The Morgan fingerprint density at radius 3 is 2.88 bits per heavy atom. The number of rotatable bonds is 3. The average Bonchev–Trinajstić information content (AvgIpc) is 2.81. The molecule has 0 aliphatic heterocycles. The van der Waals surface area contributed by atoms with Gasteiger partial charge in [-0.1, -0.05) is 0 Å². The largest absolute Gasteiger partial charge is 0.474 e. The van der Waals surface area contributed by atoms with Crippen molar-refractivity contribution < 1.29 is 9.26 Å². The van der Waals surface area contributed by atoms with Gasteiger partial charge in [-0.15, -0.1) is 5.10 Å². The molecule has 0 atom stereocenters. The van der Waals surface area contributed by atoms with Gasteiger partial charge in [0.05, 0.1) is 12.3 Å². The van der Waals surface area contributed by atoms with E-state index in [0.717, 1.165) is 0 Å². The Bertz CT molecular complexity index is 543. The van der Waals surface area contributed by atoms with Gasteiger partial charge >= 0.3 is 0 Å². The van der Waals surface area contributed by atoms with Gasteiger partial charge in [0.15, 0.2) is 5.76 Å². The number of ether oxygens (including phenoxy) is 1. The van der Waals surface area contributed by atoms with Crippen LogP contribution in [-0.2, 0) is 0 Å². The molecule has 0 amide bonds. The van der Waals surface area contributed by atoms with E-state index >= 15 is 0 Å². The van der Waals surface area contributed by atoms with E-state index in [1.165, 1.54) is 6.20 Å². The van der Waals surface area contributed by atoms with Crippen molar-refractivity contribution in [1.29, 1.82) is 5.26 Å². The lowest BCUT2D eigenvalue weighted by Gasteiger charge is -2.10. The Morgan fingerprint density at radius 2 is 2.29 bits per heavy atom. The maximum Gasteiger partial charge on any atom is 0.232 e. The summed E-state index contributed by atoms with van der Waals surface area (Å²) in [5.74, 6) is 0.703. The fourth-order valence-electron chi connectivity index (χ4n) is 1.35. The number of hydrogen-bond donors (Lipinski definition) is 0. The van der Waals surface area contributed by atoms with E-state index in [4.69, 9.17) is 14.5 Å². The summed E-state index contributed by atoms with van der Waals surface area (Å²) in [5, 5.41) is 16.1. The van der Waals surface area contributed by atoms with Gasteiger partial charge in [-0.2, -0.15) is 5.26 Å². The van der Waals surface area contributed by atoms with Crippen LogP contribution in [0.25, 0.3) is 11.3 Å². The Balaban J connectivity index is 2.51. The summed E-state index contributed by atoms with van der Waals surface area (Å²) in [7, 11) is 0. The first-order valence-electron chi connectivity index (χ1n) is 5.06. The smallest absolute Gasteiger partial charge is 0.232 e. The Hall–Kier alpha value is -2.42. The van der Waals surface area contributed by atoms with Crippen molar-refractivity contribution in [3.63, 3.8) is 0 Å². The van der Waals surface area contributed by atoms with Gasteiger partial charge < -0.3 is 9.26 Å². The molecule has 0 fully saturated rings. The molecule has 17 heavy (non-hydrogen) atoms. The summed E-state index contributed by atoms with van der Waals surface area (Å²) < 4.78 is 10.4. The molecular weight excluding hydrogens is 220 g/mol. The molecule has 0 unspecified atom stereocenters. The highest BCUT2D eigenvalue weighted by molar-refractivity contribution is 5.67. The van der Waals surface area contributed by atoms with Crippen LogP contribution in [0.4, 0.5) is 0 Å². The topological polar surface area (TPSA) is 84.8 Å². The van der Waals surface area contributed by atoms with Crippen LogP contribution in [0.15, 0.2) is 23.0 Å². The van der Waals surface area contributed by atoms with E-state index in [9.17, 15) is 0 Å². The fraction of sp³-hybridized carbons (Fsp3) is 0.273. The highest BCUT2D eigenvalue weighted by Crippen LogP contribution is 2.27. The minimum atomic E-state index is -0.0577. The molecule has 2 aromatic heterocycles. The number of nitrogens with zero attached hydrogens (tertiary/aromatic N) is 4. The lowest BCUT2D eigenvalue weighted by atomic mass is 10.1. The first kappa shape index (κ1) is 11.1. The maximum atomic E-state index is 9.16. The molecule has 0 aliphatic carbocycles. The monoisotopic (exact) mass is 230 g/mol. The highest BCUT2D eigenvalue weighted by Gasteiger charge is 2.16. The average molecular weight is 230 g/mol. The second-order valence-electron chi connectivity index (χ2n) is 3.60. The van der Waals surface area contributed by atoms with Crippen molar-refractivity contribution in [2.45, 2.75) is 20.0 Å². The second-order valence-corrected chi connectivity index (χ2v) is 3.60. The summed E-state index contributed by atoms with van der Waals surface area (Å²) in [4.78, 5) is 4.03. The number of nitriles is 1. The molecular formula is C11H10N4O2. The van der Waals surface area contributed by atoms with Crippen LogP contribution in [0.3, 0.4) is 0 Å². The van der Waals surface area contributed by atoms with Crippen LogP contribution < -0.4 is 4.74 Å². The highest BCUT2D eigenvalue weighted by atomic mass is 16.5. The molecule has 2 aromatic rings. The molecule has 86 valence electrons. The summed E-state index contributed by atoms with van der Waals surface area (Å²) in [6, 6.07) is 3.72. The van der Waals surface area contributed by atoms with Crippen molar-refractivity contribution in [2.75, 3.05) is 0 Å². The molecule has 0 bridgehead atoms. The molecule has 6 heteroatoms. The van der Waals surface area contributed by atoms with E-state index in [1.807, 2.05) is 13.8 Å². The van der Waals surface area contributed by atoms with Gasteiger partial charge in [-0.25, -0.2) is 4.98 Å². The van der Waals surface area contributed by atoms with E-state index in [-0.39, 0.29) is 12.0 Å². The van der Waals surface area contributed by atoms with Crippen molar-refractivity contribution in [3.05, 3.63) is 24.0 Å². The van der Waals surface area contributed by atoms with Gasteiger partial charge in [0, 0.05) is 17.0 Å². The fourth-order valence-corrected chi connectivity index (χ4v) is 1.35. The lowest BCUT2D eigenvalue weighted by Crippen LogP contribution is -2.08. The molecule has 0 aromatic carbocycles. The lowest BCUT2D eigenvalue weighted by molar-refractivity contribution is 0.232. The second kappa shape index (κ2) is 4.61. The number of pyridine rings is 1. The van der Waals surface area contributed by atoms with Gasteiger partial charge in [0.25, 0.3) is 0 Å². The van der Waals surface area contributed by atoms with Gasteiger partial charge in [0.2, 0.25) is 5.88 Å². The third kappa shape index (κ3) is 2.23. The van der Waals surface area contributed by atoms with Crippen LogP contribution in [0.2, 0.25) is 0 Å². The van der Waals surface area contributed by atoms with Crippen LogP contribution in [0, 0.1) is 11.3 Å². The summed E-state index contributed by atoms with van der Waals surface area (Å²) >= 11 is 0. The van der Waals surface area contributed by atoms with E-state index in [2.05, 4.69) is 21.4 Å². The molecule has 0 N–H and O–H groups in total. The quantitative estimate of drug-likeness (QED) is 0.799. The Morgan fingerprint density at radius 1 is 1.47 bits per heavy atom. The Kier molecular flexibility index (Phi) is 3.01. The van der Waals surface area contributed by atoms with Crippen molar-refractivity contribution >= 4 is 0 Å².